The number of amides is 1. The summed E-state index contributed by atoms with van der Waals surface area (Å²) >= 11 is 12.8. The summed E-state index contributed by atoms with van der Waals surface area (Å²) in [7, 11) is 0. The van der Waals surface area contributed by atoms with E-state index in [9.17, 15) is 18.0 Å². The molecule has 0 spiro atoms. The smallest absolute Gasteiger partial charge is 0.333 e. The van der Waals surface area contributed by atoms with E-state index in [4.69, 9.17) is 23.2 Å². The molecule has 0 fully saturated rings. The van der Waals surface area contributed by atoms with Crippen molar-refractivity contribution in [3.63, 3.8) is 0 Å². The highest BCUT2D eigenvalue weighted by atomic mass is 35.5. The number of alkyl halides is 3. The Morgan fingerprint density at radius 1 is 1.23 bits per heavy atom. The number of nitrogens with one attached hydrogen (secondary N) is 2. The highest BCUT2D eigenvalue weighted by molar-refractivity contribution is 7.99. The minimum Gasteiger partial charge on any atom is -0.333 e. The van der Waals surface area contributed by atoms with Crippen LogP contribution in [0, 0.1) is 0 Å². The number of anilines is 1. The van der Waals surface area contributed by atoms with E-state index >= 15 is 0 Å². The van der Waals surface area contributed by atoms with Crippen molar-refractivity contribution < 1.29 is 18.0 Å². The lowest BCUT2D eigenvalue weighted by Gasteiger charge is -2.14. The topological polar surface area (TPSA) is 57.8 Å². The van der Waals surface area contributed by atoms with Gasteiger partial charge in [0.15, 0.2) is 5.16 Å². The molecule has 2 N–H and O–H groups in total. The number of benzene rings is 2. The molecule has 0 aliphatic rings. The predicted molar refractivity (Wildman–Crippen MR) is 96.9 cm³/mol. The second-order valence-electron chi connectivity index (χ2n) is 5.20. The number of nitrogens with zero attached hydrogens (tertiary/aromatic N) is 1. The number of thioether (sulfide) groups is 1. The fourth-order valence-corrected chi connectivity index (χ4v) is 3.30. The molecule has 0 aliphatic carbocycles. The second-order valence-corrected chi connectivity index (χ2v) is 7.01. The van der Waals surface area contributed by atoms with Gasteiger partial charge >= 0.3 is 6.18 Å². The lowest BCUT2D eigenvalue weighted by molar-refractivity contribution is -0.137. The zero-order valence-corrected chi connectivity index (χ0v) is 15.2. The molecule has 0 radical (unpaired) electrons. The molecule has 26 heavy (non-hydrogen) atoms. The number of aromatic amines is 1. The van der Waals surface area contributed by atoms with Crippen LogP contribution in [-0.2, 0) is 11.0 Å². The van der Waals surface area contributed by atoms with Crippen LogP contribution in [-0.4, -0.2) is 21.6 Å². The summed E-state index contributed by atoms with van der Waals surface area (Å²) in [6, 6.07) is 8.40. The summed E-state index contributed by atoms with van der Waals surface area (Å²) in [5, 5.41) is 3.03. The minimum atomic E-state index is -4.63. The Kier molecular flexibility index (Phi) is 5.36. The van der Waals surface area contributed by atoms with E-state index in [0.717, 1.165) is 17.8 Å². The largest absolute Gasteiger partial charge is 0.418 e. The Morgan fingerprint density at radius 3 is 2.73 bits per heavy atom. The molecular weight excluding hydrogens is 410 g/mol. The molecule has 0 unspecified atom stereocenters. The summed E-state index contributed by atoms with van der Waals surface area (Å²) in [4.78, 5) is 19.3. The monoisotopic (exact) mass is 419 g/mol. The van der Waals surface area contributed by atoms with Gasteiger partial charge in [-0.15, -0.1) is 0 Å². The van der Waals surface area contributed by atoms with Crippen LogP contribution in [0.15, 0.2) is 41.6 Å². The van der Waals surface area contributed by atoms with Crippen LogP contribution in [0.4, 0.5) is 18.9 Å². The fraction of sp³-hybridized carbons (Fsp3) is 0.125. The van der Waals surface area contributed by atoms with Gasteiger partial charge in [0, 0.05) is 5.02 Å². The Morgan fingerprint density at radius 2 is 2.00 bits per heavy atom. The summed E-state index contributed by atoms with van der Waals surface area (Å²) in [5.74, 6) is -0.775. The number of imidazole rings is 1. The van der Waals surface area contributed by atoms with Crippen molar-refractivity contribution in [1.29, 1.82) is 0 Å². The molecule has 3 rings (SSSR count). The zero-order valence-electron chi connectivity index (χ0n) is 12.8. The molecule has 136 valence electrons. The molecule has 0 aliphatic heterocycles. The highest BCUT2D eigenvalue weighted by Gasteiger charge is 2.34. The molecule has 0 saturated carbocycles. The number of carbonyl (C=O) groups is 1. The maximum absolute atomic E-state index is 13.0. The molecule has 4 nitrogen and oxygen atoms in total. The van der Waals surface area contributed by atoms with Crippen molar-refractivity contribution in [3.8, 4) is 0 Å². The fourth-order valence-electron chi connectivity index (χ4n) is 2.22. The van der Waals surface area contributed by atoms with Gasteiger partial charge in [-0.1, -0.05) is 41.0 Å². The Hall–Kier alpha value is -1.90. The van der Waals surface area contributed by atoms with E-state index in [1.165, 1.54) is 12.1 Å². The third-order valence-electron chi connectivity index (χ3n) is 3.35. The number of rotatable bonds is 4. The Bertz CT molecular complexity index is 975. The van der Waals surface area contributed by atoms with Gasteiger partial charge in [-0.05, 0) is 30.3 Å². The van der Waals surface area contributed by atoms with E-state index in [1.54, 1.807) is 18.2 Å². The maximum Gasteiger partial charge on any atom is 0.418 e. The Balaban J connectivity index is 1.71. The van der Waals surface area contributed by atoms with Crippen LogP contribution in [0.1, 0.15) is 5.56 Å². The number of carbonyl (C=O) groups excluding carboxylic acids is 1. The third kappa shape index (κ3) is 4.25. The molecule has 1 aromatic heterocycles. The molecule has 0 bridgehead atoms. The van der Waals surface area contributed by atoms with E-state index in [2.05, 4.69) is 15.3 Å². The van der Waals surface area contributed by atoms with Gasteiger partial charge in [0.25, 0.3) is 0 Å². The predicted octanol–water partition coefficient (Wildman–Crippen LogP) is 5.62. The van der Waals surface area contributed by atoms with E-state index < -0.39 is 23.3 Å². The first-order valence-corrected chi connectivity index (χ1v) is 8.92. The number of halogens is 5. The third-order valence-corrected chi connectivity index (χ3v) is 4.77. The van der Waals surface area contributed by atoms with Gasteiger partial charge in [0.05, 0.1) is 33.1 Å². The van der Waals surface area contributed by atoms with E-state index in [-0.39, 0.29) is 10.8 Å². The molecule has 1 amide bonds. The van der Waals surface area contributed by atoms with Gasteiger partial charge < -0.3 is 10.3 Å². The van der Waals surface area contributed by atoms with Crippen LogP contribution >= 0.6 is 35.0 Å². The highest BCUT2D eigenvalue weighted by Crippen LogP contribution is 2.38. The van der Waals surface area contributed by atoms with Crippen molar-refractivity contribution in [3.05, 3.63) is 52.0 Å². The minimum absolute atomic E-state index is 0.143. The van der Waals surface area contributed by atoms with Crippen molar-refractivity contribution in [2.45, 2.75) is 11.3 Å². The van der Waals surface area contributed by atoms with Gasteiger partial charge in [0.2, 0.25) is 5.91 Å². The van der Waals surface area contributed by atoms with Gasteiger partial charge in [-0.2, -0.15) is 13.2 Å². The maximum atomic E-state index is 13.0. The first-order valence-electron chi connectivity index (χ1n) is 7.17. The summed E-state index contributed by atoms with van der Waals surface area (Å²) in [5.41, 5.74) is -0.0842. The van der Waals surface area contributed by atoms with Crippen molar-refractivity contribution in [2.24, 2.45) is 0 Å². The molecule has 2 aromatic carbocycles. The first-order chi connectivity index (χ1) is 12.2. The van der Waals surface area contributed by atoms with Gasteiger partial charge in [0.1, 0.15) is 0 Å². The normalized spacial score (nSPS) is 11.7. The summed E-state index contributed by atoms with van der Waals surface area (Å²) < 4.78 is 39.1. The van der Waals surface area contributed by atoms with Crippen LogP contribution in [0.3, 0.4) is 0 Å². The van der Waals surface area contributed by atoms with Crippen molar-refractivity contribution in [1.82, 2.24) is 9.97 Å². The number of hydrogen-bond acceptors (Lipinski definition) is 3. The van der Waals surface area contributed by atoms with Crippen LogP contribution in [0.2, 0.25) is 10.0 Å². The molecule has 1 heterocycles. The van der Waals surface area contributed by atoms with Gasteiger partial charge in [-0.25, -0.2) is 4.98 Å². The molecular formula is C16H10Cl2F3N3OS. The zero-order chi connectivity index (χ0) is 18.9. The number of hydrogen-bond donors (Lipinski definition) is 2. The second kappa shape index (κ2) is 7.38. The summed E-state index contributed by atoms with van der Waals surface area (Å²) in [6.45, 7) is 0. The lowest BCUT2D eigenvalue weighted by atomic mass is 10.1. The van der Waals surface area contributed by atoms with Crippen LogP contribution < -0.4 is 5.32 Å². The summed E-state index contributed by atoms with van der Waals surface area (Å²) in [6.07, 6.45) is -4.63. The number of fused-ring (bicyclic) bond motifs is 1. The first kappa shape index (κ1) is 18.9. The average Bonchev–Trinajstić information content (AvgIpc) is 2.95. The molecule has 10 heteroatoms. The number of aromatic nitrogens is 2. The molecule has 3 aromatic rings. The molecule has 0 atom stereocenters. The average molecular weight is 420 g/mol. The van der Waals surface area contributed by atoms with E-state index in [1.807, 2.05) is 0 Å². The van der Waals surface area contributed by atoms with Crippen LogP contribution in [0.5, 0.6) is 0 Å². The quantitative estimate of drug-likeness (QED) is 0.539. The van der Waals surface area contributed by atoms with Crippen molar-refractivity contribution in [2.75, 3.05) is 11.1 Å². The van der Waals surface area contributed by atoms with Crippen molar-refractivity contribution >= 4 is 57.6 Å². The SMILES string of the molecule is O=C(CSc1nc2ccc(Cl)cc2[nH]1)Nc1c(Cl)cccc1C(F)(F)F. The number of H-pyrrole nitrogens is 1. The van der Waals surface area contributed by atoms with E-state index in [0.29, 0.717) is 21.2 Å². The molecule has 0 saturated heterocycles. The Labute approximate surface area is 160 Å². The van der Waals surface area contributed by atoms with Gasteiger partial charge in [-0.3, -0.25) is 4.79 Å². The van der Waals surface area contributed by atoms with Crippen LogP contribution in [0.25, 0.3) is 11.0 Å². The lowest BCUT2D eigenvalue weighted by Crippen LogP contribution is -2.18. The number of para-hydroxylation sites is 1. The standard InChI is InChI=1S/C16H10Cl2F3N3OS/c17-8-4-5-11-12(6-8)23-15(22-11)26-7-13(25)24-14-9(16(19,20)21)2-1-3-10(14)18/h1-6H,7H2,(H,22,23)(H,24,25).